The maximum Gasteiger partial charge on any atom is 0.303 e. The zero-order valence-corrected chi connectivity index (χ0v) is 32.2. The Bertz CT molecular complexity index is 1640. The molecule has 294 valence electrons. The summed E-state index contributed by atoms with van der Waals surface area (Å²) in [6.07, 6.45) is -5.32. The molecule has 2 N–H and O–H groups in total. The van der Waals surface area contributed by atoms with E-state index < -0.39 is 60.7 Å². The first-order valence-electron chi connectivity index (χ1n) is 17.7. The van der Waals surface area contributed by atoms with Gasteiger partial charge in [-0.15, -0.1) is 6.58 Å². The van der Waals surface area contributed by atoms with Crippen molar-refractivity contribution in [1.82, 2.24) is 4.90 Å². The summed E-state index contributed by atoms with van der Waals surface area (Å²) in [5.41, 5.74) is 3.11. The molecule has 15 heteroatoms. The van der Waals surface area contributed by atoms with Gasteiger partial charge >= 0.3 is 23.9 Å². The fourth-order valence-corrected chi connectivity index (χ4v) is 6.85. The number of nitrogens with zero attached hydrogens (tertiary/aromatic N) is 1. The van der Waals surface area contributed by atoms with E-state index in [0.29, 0.717) is 18.8 Å². The first-order chi connectivity index (χ1) is 25.7. The number of aliphatic hydroxyl groups is 1. The van der Waals surface area contributed by atoms with Crippen LogP contribution in [-0.4, -0.2) is 102 Å². The molecular weight excluding hydrogens is 720 g/mol. The fraction of sp³-hybridized carbons (Fsp3) is 0.513. The number of hydrogen-bond donors (Lipinski definition) is 2. The van der Waals surface area contributed by atoms with E-state index in [9.17, 15) is 24.3 Å². The number of esters is 4. The number of anilines is 1. The van der Waals surface area contributed by atoms with E-state index in [1.807, 2.05) is 61.7 Å². The van der Waals surface area contributed by atoms with E-state index in [4.69, 9.17) is 45.4 Å². The van der Waals surface area contributed by atoms with Crippen LogP contribution < -0.4 is 5.32 Å². The Labute approximate surface area is 321 Å². The van der Waals surface area contributed by atoms with Gasteiger partial charge in [0.05, 0.1) is 23.8 Å². The van der Waals surface area contributed by atoms with Gasteiger partial charge in [0.15, 0.2) is 24.6 Å². The van der Waals surface area contributed by atoms with Crippen LogP contribution in [0.3, 0.4) is 0 Å². The number of thiocarbonyl (C=S) groups is 1. The van der Waals surface area contributed by atoms with Crippen LogP contribution in [0, 0.1) is 5.92 Å². The minimum atomic E-state index is -1.30. The minimum absolute atomic E-state index is 0.0102. The molecule has 9 atom stereocenters. The third-order valence-electron chi connectivity index (χ3n) is 8.97. The summed E-state index contributed by atoms with van der Waals surface area (Å²) >= 11 is 5.76. The van der Waals surface area contributed by atoms with Crippen molar-refractivity contribution >= 4 is 46.8 Å². The lowest BCUT2D eigenvalue weighted by atomic mass is 9.90. The normalized spacial score (nSPS) is 26.6. The van der Waals surface area contributed by atoms with Crippen molar-refractivity contribution in [3.8, 4) is 0 Å². The van der Waals surface area contributed by atoms with Crippen molar-refractivity contribution in [3.63, 3.8) is 0 Å². The van der Waals surface area contributed by atoms with Crippen LogP contribution in [0.1, 0.15) is 70.1 Å². The molecule has 0 radical (unpaired) electrons. The molecule has 9 unspecified atom stereocenters. The Morgan fingerprint density at radius 2 is 1.48 bits per heavy atom. The largest absolute Gasteiger partial charge is 0.463 e. The van der Waals surface area contributed by atoms with Crippen molar-refractivity contribution in [1.29, 1.82) is 0 Å². The molecule has 4 rings (SSSR count). The highest BCUT2D eigenvalue weighted by molar-refractivity contribution is 7.80. The van der Waals surface area contributed by atoms with Gasteiger partial charge in [0.1, 0.15) is 18.8 Å². The van der Waals surface area contributed by atoms with Crippen LogP contribution in [0.5, 0.6) is 0 Å². The molecule has 0 bridgehead atoms. The highest BCUT2D eigenvalue weighted by atomic mass is 32.1. The van der Waals surface area contributed by atoms with Crippen LogP contribution in [0.2, 0.25) is 0 Å². The average Bonchev–Trinajstić information content (AvgIpc) is 3.10. The van der Waals surface area contributed by atoms with Gasteiger partial charge in [-0.1, -0.05) is 61.6 Å². The summed E-state index contributed by atoms with van der Waals surface area (Å²) in [4.78, 5) is 50.7. The molecule has 14 nitrogen and oxygen atoms in total. The van der Waals surface area contributed by atoms with Crippen molar-refractivity contribution in [3.05, 3.63) is 77.9 Å². The maximum absolute atomic E-state index is 12.3. The summed E-state index contributed by atoms with van der Waals surface area (Å²) in [6.45, 7) is 11.6. The molecule has 0 aromatic heterocycles. The van der Waals surface area contributed by atoms with E-state index in [1.165, 1.54) is 13.8 Å². The minimum Gasteiger partial charge on any atom is -0.463 e. The number of hydrogen-bond acceptors (Lipinski definition) is 14. The first kappa shape index (κ1) is 42.5. The molecule has 2 saturated heterocycles. The van der Waals surface area contributed by atoms with Gasteiger partial charge < -0.3 is 48.5 Å². The number of ether oxygens (including phenoxy) is 7. The van der Waals surface area contributed by atoms with E-state index in [-0.39, 0.29) is 42.7 Å². The monoisotopic (exact) mass is 770 g/mol. The Balaban J connectivity index is 1.58. The Morgan fingerprint density at radius 1 is 0.852 bits per heavy atom. The third-order valence-corrected chi connectivity index (χ3v) is 9.24. The van der Waals surface area contributed by atoms with Crippen LogP contribution in [0.4, 0.5) is 5.69 Å². The number of likely N-dealkylation sites (N-methyl/N-ethyl adjacent to an activating group) is 1. The van der Waals surface area contributed by atoms with E-state index >= 15 is 0 Å². The molecule has 2 fully saturated rings. The topological polar surface area (TPSA) is 168 Å². The Kier molecular flexibility index (Phi) is 15.7. The lowest BCUT2D eigenvalue weighted by molar-refractivity contribution is -0.275. The van der Waals surface area contributed by atoms with Crippen molar-refractivity contribution in [2.24, 2.45) is 5.92 Å². The molecule has 2 aliphatic rings. The molecule has 0 aliphatic carbocycles. The van der Waals surface area contributed by atoms with Crippen LogP contribution in [0.15, 0.2) is 61.2 Å². The Hall–Kier alpha value is -4.25. The zero-order chi connectivity index (χ0) is 39.5. The van der Waals surface area contributed by atoms with E-state index in [0.717, 1.165) is 30.5 Å². The van der Waals surface area contributed by atoms with Crippen molar-refractivity contribution in [2.45, 2.75) is 96.7 Å². The van der Waals surface area contributed by atoms with Gasteiger partial charge in [0.25, 0.3) is 0 Å². The molecule has 0 saturated carbocycles. The van der Waals surface area contributed by atoms with Gasteiger partial charge in [-0.05, 0) is 30.3 Å². The number of aliphatic hydroxyl groups excluding tert-OH is 1. The number of benzene rings is 2. The standard InChI is InChI=1S/C39H50N2O12S/c1-8-16-41(7)19-32-22(2)35(28-14-12-27(20-42)13-15-28)53-39(52-32)29-10-9-11-30(17-29)40-34(54)18-31-36(48-24(4)44)38(50-26(6)46)37(49-25(5)45)33(51-31)21-47-23(3)43/h8-15,17,22,31-33,35-39,42H,1,16,18-21H2,2-7H3,(H,40,54). The molecule has 2 aromatic rings. The molecule has 2 aliphatic heterocycles. The van der Waals surface area contributed by atoms with Crippen LogP contribution in [0.25, 0.3) is 0 Å². The second kappa shape index (κ2) is 19.9. The molecule has 0 spiro atoms. The van der Waals surface area contributed by atoms with Gasteiger partial charge in [-0.2, -0.15) is 0 Å². The smallest absolute Gasteiger partial charge is 0.303 e. The maximum atomic E-state index is 12.3. The first-order valence-corrected chi connectivity index (χ1v) is 18.1. The Morgan fingerprint density at radius 3 is 2.07 bits per heavy atom. The summed E-state index contributed by atoms with van der Waals surface area (Å²) in [5, 5.41) is 12.8. The number of nitrogens with one attached hydrogen (secondary N) is 1. The summed E-state index contributed by atoms with van der Waals surface area (Å²) in [7, 11) is 2.00. The fourth-order valence-electron chi connectivity index (χ4n) is 6.57. The second-order valence-electron chi connectivity index (χ2n) is 13.4. The highest BCUT2D eigenvalue weighted by Gasteiger charge is 2.52. The molecule has 2 aromatic carbocycles. The quantitative estimate of drug-likeness (QED) is 0.114. The second-order valence-corrected chi connectivity index (χ2v) is 13.9. The lowest BCUT2D eigenvalue weighted by Gasteiger charge is -2.44. The summed E-state index contributed by atoms with van der Waals surface area (Å²) < 4.78 is 41.2. The van der Waals surface area contributed by atoms with Gasteiger partial charge in [0, 0.05) is 64.4 Å². The van der Waals surface area contributed by atoms with Gasteiger partial charge in [0.2, 0.25) is 0 Å². The van der Waals surface area contributed by atoms with E-state index in [2.05, 4.69) is 23.7 Å². The van der Waals surface area contributed by atoms with Crippen LogP contribution >= 0.6 is 12.2 Å². The van der Waals surface area contributed by atoms with Crippen LogP contribution in [-0.2, 0) is 58.9 Å². The molecular formula is C39H50N2O12S. The number of carbonyl (C=O) groups is 4. The summed E-state index contributed by atoms with van der Waals surface area (Å²) in [5.74, 6) is -2.76. The number of carbonyl (C=O) groups excluding carboxylic acids is 4. The molecule has 0 amide bonds. The predicted octanol–water partition coefficient (Wildman–Crippen LogP) is 4.34. The summed E-state index contributed by atoms with van der Waals surface area (Å²) in [6, 6.07) is 15.1. The molecule has 54 heavy (non-hydrogen) atoms. The predicted molar refractivity (Wildman–Crippen MR) is 200 cm³/mol. The van der Waals surface area contributed by atoms with Gasteiger partial charge in [-0.25, -0.2) is 0 Å². The van der Waals surface area contributed by atoms with E-state index in [1.54, 1.807) is 0 Å². The zero-order valence-electron chi connectivity index (χ0n) is 31.4. The molecule has 2 heterocycles. The number of rotatable bonds is 15. The van der Waals surface area contributed by atoms with Crippen molar-refractivity contribution < 1.29 is 57.4 Å². The van der Waals surface area contributed by atoms with Crippen molar-refractivity contribution in [2.75, 3.05) is 32.1 Å². The third kappa shape index (κ3) is 11.9. The lowest BCUT2D eigenvalue weighted by Crippen LogP contribution is -2.62. The average molecular weight is 771 g/mol. The van der Waals surface area contributed by atoms with Gasteiger partial charge in [-0.3, -0.25) is 19.2 Å². The highest BCUT2D eigenvalue weighted by Crippen LogP contribution is 2.42. The SMILES string of the molecule is C=CCN(C)CC1OC(c2cccc(NC(=S)CC3OC(COC(C)=O)C(OC(C)=O)C(OC(C)=O)C3OC(C)=O)c2)OC(c2ccc(CO)cc2)C1C.